The molecule has 0 radical (unpaired) electrons. The summed E-state index contributed by atoms with van der Waals surface area (Å²) in [5.41, 5.74) is 1.91. The number of rotatable bonds is 4. The highest BCUT2D eigenvalue weighted by Crippen LogP contribution is 2.28. The van der Waals surface area contributed by atoms with Gasteiger partial charge in [0.2, 0.25) is 0 Å². The topological polar surface area (TPSA) is 99.3 Å². The third kappa shape index (κ3) is 2.67. The van der Waals surface area contributed by atoms with Crippen LogP contribution in [0.15, 0.2) is 0 Å². The summed E-state index contributed by atoms with van der Waals surface area (Å²) in [5, 5.41) is 26.9. The second-order valence-electron chi connectivity index (χ2n) is 5.06. The number of hydrogen-bond acceptors (Lipinski definition) is 6. The van der Waals surface area contributed by atoms with Crippen LogP contribution < -0.4 is 4.90 Å². The lowest BCUT2D eigenvalue weighted by atomic mass is 10.0. The molecule has 1 N–H and O–H groups in total. The van der Waals surface area contributed by atoms with E-state index in [2.05, 4.69) is 16.3 Å². The molecule has 2 atom stereocenters. The second kappa shape index (κ2) is 6.06. The van der Waals surface area contributed by atoms with E-state index >= 15 is 0 Å². The predicted molar refractivity (Wildman–Crippen MR) is 75.0 cm³/mol. The molecule has 0 saturated carbocycles. The molecule has 2 rings (SSSR count). The zero-order valence-electron chi connectivity index (χ0n) is 12.3. The van der Waals surface area contributed by atoms with Crippen molar-refractivity contribution in [1.29, 1.82) is 5.26 Å². The van der Waals surface area contributed by atoms with Crippen molar-refractivity contribution in [3.63, 3.8) is 0 Å². The summed E-state index contributed by atoms with van der Waals surface area (Å²) in [6, 6.07) is 1.82. The van der Waals surface area contributed by atoms with Gasteiger partial charge in [-0.15, -0.1) is 5.10 Å². The number of aromatic nitrogens is 2. The zero-order chi connectivity index (χ0) is 15.6. The molecule has 0 aromatic carbocycles. The number of nitriles is 1. The molecule has 1 saturated heterocycles. The van der Waals surface area contributed by atoms with E-state index in [9.17, 15) is 15.2 Å². The van der Waals surface area contributed by atoms with Gasteiger partial charge in [-0.1, -0.05) is 0 Å². The van der Waals surface area contributed by atoms with Crippen LogP contribution in [0.25, 0.3) is 0 Å². The SMILES string of the molecule is CCN(c1nnc(C)c(C)c1C#N)C1COCC1C(=O)O. The van der Waals surface area contributed by atoms with Gasteiger partial charge in [0.05, 0.1) is 24.9 Å². The molecule has 0 aliphatic carbocycles. The van der Waals surface area contributed by atoms with Gasteiger partial charge in [0.15, 0.2) is 5.82 Å². The van der Waals surface area contributed by atoms with E-state index in [0.717, 1.165) is 5.56 Å². The van der Waals surface area contributed by atoms with E-state index in [1.54, 1.807) is 6.92 Å². The fraction of sp³-hybridized carbons (Fsp3) is 0.571. The predicted octanol–water partition coefficient (Wildman–Crippen LogP) is 0.891. The maximum Gasteiger partial charge on any atom is 0.311 e. The van der Waals surface area contributed by atoms with Crippen LogP contribution in [0.1, 0.15) is 23.7 Å². The molecule has 1 fully saturated rings. The molecule has 1 aromatic rings. The monoisotopic (exact) mass is 290 g/mol. The average Bonchev–Trinajstić information content (AvgIpc) is 2.93. The Morgan fingerprint density at radius 1 is 1.48 bits per heavy atom. The Balaban J connectivity index is 2.45. The molecule has 7 nitrogen and oxygen atoms in total. The Kier molecular flexibility index (Phi) is 4.38. The lowest BCUT2D eigenvalue weighted by molar-refractivity contribution is -0.141. The Labute approximate surface area is 123 Å². The average molecular weight is 290 g/mol. The van der Waals surface area contributed by atoms with Crippen LogP contribution in [0.4, 0.5) is 5.82 Å². The van der Waals surface area contributed by atoms with E-state index in [0.29, 0.717) is 30.2 Å². The molecule has 2 heterocycles. The van der Waals surface area contributed by atoms with Gasteiger partial charge in [0.1, 0.15) is 17.6 Å². The third-order valence-corrected chi connectivity index (χ3v) is 3.93. The maximum absolute atomic E-state index is 11.3. The van der Waals surface area contributed by atoms with E-state index in [-0.39, 0.29) is 12.6 Å². The Hall–Kier alpha value is -2.20. The number of aliphatic carboxylic acids is 1. The highest BCUT2D eigenvalue weighted by molar-refractivity contribution is 5.73. The number of hydrogen-bond donors (Lipinski definition) is 1. The minimum absolute atomic E-state index is 0.177. The number of carboxylic acids is 1. The molecule has 0 bridgehead atoms. The van der Waals surface area contributed by atoms with Crippen LogP contribution in [0.3, 0.4) is 0 Å². The summed E-state index contributed by atoms with van der Waals surface area (Å²) < 4.78 is 5.31. The number of anilines is 1. The standard InChI is InChI=1S/C14H18N4O3/c1-4-18(12-7-21-6-11(12)14(19)20)13-10(5-15)8(2)9(3)16-17-13/h11-12H,4,6-7H2,1-3H3,(H,19,20). The van der Waals surface area contributed by atoms with Crippen molar-refractivity contribution in [3.8, 4) is 6.07 Å². The smallest absolute Gasteiger partial charge is 0.311 e. The minimum Gasteiger partial charge on any atom is -0.481 e. The molecule has 1 aliphatic rings. The number of aryl methyl sites for hydroxylation is 1. The molecular formula is C14H18N4O3. The molecular weight excluding hydrogens is 272 g/mol. The van der Waals surface area contributed by atoms with E-state index < -0.39 is 11.9 Å². The van der Waals surface area contributed by atoms with E-state index in [1.165, 1.54) is 0 Å². The summed E-state index contributed by atoms with van der Waals surface area (Å²) in [6.07, 6.45) is 0. The van der Waals surface area contributed by atoms with Crippen molar-refractivity contribution in [1.82, 2.24) is 10.2 Å². The molecule has 0 amide bonds. The third-order valence-electron chi connectivity index (χ3n) is 3.93. The van der Waals surface area contributed by atoms with Crippen molar-refractivity contribution >= 4 is 11.8 Å². The first-order valence-electron chi connectivity index (χ1n) is 6.82. The largest absolute Gasteiger partial charge is 0.481 e. The van der Waals surface area contributed by atoms with Gasteiger partial charge >= 0.3 is 5.97 Å². The van der Waals surface area contributed by atoms with Crippen LogP contribution in [-0.4, -0.2) is 47.1 Å². The second-order valence-corrected chi connectivity index (χ2v) is 5.06. The molecule has 0 spiro atoms. The van der Waals surface area contributed by atoms with Crippen LogP contribution in [0.2, 0.25) is 0 Å². The van der Waals surface area contributed by atoms with Crippen molar-refractivity contribution in [2.45, 2.75) is 26.8 Å². The Bertz CT molecular complexity index is 597. The van der Waals surface area contributed by atoms with Crippen LogP contribution in [-0.2, 0) is 9.53 Å². The van der Waals surface area contributed by atoms with Crippen molar-refractivity contribution in [3.05, 3.63) is 16.8 Å². The number of nitrogens with zero attached hydrogens (tertiary/aromatic N) is 4. The highest BCUT2D eigenvalue weighted by atomic mass is 16.5. The minimum atomic E-state index is -0.897. The van der Waals surface area contributed by atoms with Crippen LogP contribution >= 0.6 is 0 Å². The lowest BCUT2D eigenvalue weighted by Crippen LogP contribution is -2.44. The molecule has 112 valence electrons. The fourth-order valence-corrected chi connectivity index (χ4v) is 2.56. The molecule has 2 unspecified atom stereocenters. The van der Waals surface area contributed by atoms with Crippen molar-refractivity contribution < 1.29 is 14.6 Å². The summed E-state index contributed by atoms with van der Waals surface area (Å²) >= 11 is 0. The van der Waals surface area contributed by atoms with Gasteiger partial charge in [0.25, 0.3) is 0 Å². The summed E-state index contributed by atoms with van der Waals surface area (Å²) in [7, 11) is 0. The number of likely N-dealkylation sites (N-methyl/N-ethyl adjacent to an activating group) is 1. The molecule has 21 heavy (non-hydrogen) atoms. The Morgan fingerprint density at radius 2 is 2.19 bits per heavy atom. The van der Waals surface area contributed by atoms with Gasteiger partial charge in [-0.2, -0.15) is 10.4 Å². The molecule has 1 aliphatic heterocycles. The van der Waals surface area contributed by atoms with Gasteiger partial charge in [-0.25, -0.2) is 0 Å². The first-order chi connectivity index (χ1) is 10.0. The summed E-state index contributed by atoms with van der Waals surface area (Å²) in [5.74, 6) is -1.09. The first-order valence-corrected chi connectivity index (χ1v) is 6.82. The van der Waals surface area contributed by atoms with E-state index in [4.69, 9.17) is 4.74 Å². The number of carboxylic acid groups (broad SMARTS) is 1. The van der Waals surface area contributed by atoms with Crippen molar-refractivity contribution in [2.24, 2.45) is 5.92 Å². The highest BCUT2D eigenvalue weighted by Gasteiger charge is 2.39. The number of carbonyl (C=O) groups is 1. The van der Waals surface area contributed by atoms with Crippen LogP contribution in [0.5, 0.6) is 0 Å². The Morgan fingerprint density at radius 3 is 2.76 bits per heavy atom. The molecule has 7 heteroatoms. The summed E-state index contributed by atoms with van der Waals surface area (Å²) in [4.78, 5) is 13.1. The first kappa shape index (κ1) is 15.2. The fourth-order valence-electron chi connectivity index (χ4n) is 2.56. The number of ether oxygens (including phenoxy) is 1. The quantitative estimate of drug-likeness (QED) is 0.879. The van der Waals surface area contributed by atoms with Gasteiger partial charge in [0, 0.05) is 6.54 Å². The lowest BCUT2D eigenvalue weighted by Gasteiger charge is -2.30. The maximum atomic E-state index is 11.3. The van der Waals surface area contributed by atoms with Crippen LogP contribution in [0, 0.1) is 31.1 Å². The van der Waals surface area contributed by atoms with Gasteiger partial charge < -0.3 is 14.7 Å². The summed E-state index contributed by atoms with van der Waals surface area (Å²) in [6.45, 7) is 6.53. The van der Waals surface area contributed by atoms with Gasteiger partial charge in [-0.3, -0.25) is 4.79 Å². The normalized spacial score (nSPS) is 21.0. The molecule has 1 aromatic heterocycles. The van der Waals surface area contributed by atoms with Gasteiger partial charge in [-0.05, 0) is 26.3 Å². The van der Waals surface area contributed by atoms with Crippen molar-refractivity contribution in [2.75, 3.05) is 24.7 Å². The zero-order valence-corrected chi connectivity index (χ0v) is 12.3. The van der Waals surface area contributed by atoms with E-state index in [1.807, 2.05) is 18.7 Å².